The predicted octanol–water partition coefficient (Wildman–Crippen LogP) is 2.47. The van der Waals surface area contributed by atoms with E-state index in [4.69, 9.17) is 16.2 Å². The number of benzene rings is 1. The van der Waals surface area contributed by atoms with Crippen molar-refractivity contribution < 1.29 is 4.74 Å². The highest BCUT2D eigenvalue weighted by molar-refractivity contribution is 6.00. The zero-order valence-corrected chi connectivity index (χ0v) is 11.0. The molecule has 20 heavy (non-hydrogen) atoms. The van der Waals surface area contributed by atoms with Gasteiger partial charge in [-0.05, 0) is 29.7 Å². The fourth-order valence-electron chi connectivity index (χ4n) is 2.23. The minimum atomic E-state index is 0.368. The first-order valence-electron chi connectivity index (χ1n) is 6.14. The molecule has 0 amide bonds. The smallest absolute Gasteiger partial charge is 0.134 e. The van der Waals surface area contributed by atoms with Gasteiger partial charge in [0.2, 0.25) is 0 Å². The van der Waals surface area contributed by atoms with E-state index in [1.54, 1.807) is 25.6 Å². The van der Waals surface area contributed by atoms with Crippen molar-refractivity contribution in [3.05, 3.63) is 42.7 Å². The van der Waals surface area contributed by atoms with Gasteiger partial charge in [0.25, 0.3) is 0 Å². The summed E-state index contributed by atoms with van der Waals surface area (Å²) in [5.74, 6) is 1.13. The van der Waals surface area contributed by atoms with Crippen LogP contribution in [0.25, 0.3) is 22.0 Å². The fraction of sp³-hybridized carbons (Fsp3) is 0.0667. The van der Waals surface area contributed by atoms with Crippen LogP contribution in [0, 0.1) is 0 Å². The van der Waals surface area contributed by atoms with Gasteiger partial charge < -0.3 is 16.2 Å². The van der Waals surface area contributed by atoms with Crippen molar-refractivity contribution in [1.82, 2.24) is 9.97 Å². The van der Waals surface area contributed by atoms with Crippen LogP contribution in [0.1, 0.15) is 0 Å². The Hall–Kier alpha value is -2.82. The summed E-state index contributed by atoms with van der Waals surface area (Å²) in [7, 11) is 1.63. The van der Waals surface area contributed by atoms with Crippen LogP contribution in [0.5, 0.6) is 5.75 Å². The molecule has 0 fully saturated rings. The van der Waals surface area contributed by atoms with Gasteiger partial charge in [-0.25, -0.2) is 4.98 Å². The number of hydrogen-bond acceptors (Lipinski definition) is 5. The van der Waals surface area contributed by atoms with Gasteiger partial charge in [0.05, 0.1) is 18.4 Å². The lowest BCUT2D eigenvalue weighted by Gasteiger charge is -2.11. The second-order valence-electron chi connectivity index (χ2n) is 4.41. The van der Waals surface area contributed by atoms with Gasteiger partial charge in [-0.2, -0.15) is 0 Å². The zero-order valence-electron chi connectivity index (χ0n) is 11.0. The maximum Gasteiger partial charge on any atom is 0.134 e. The molecule has 0 bridgehead atoms. The third kappa shape index (κ3) is 1.89. The predicted molar refractivity (Wildman–Crippen MR) is 80.4 cm³/mol. The first-order chi connectivity index (χ1) is 9.70. The summed E-state index contributed by atoms with van der Waals surface area (Å²) in [6.45, 7) is 0. The highest BCUT2D eigenvalue weighted by Gasteiger charge is 2.13. The van der Waals surface area contributed by atoms with E-state index < -0.39 is 0 Å². The SMILES string of the molecule is COc1ccc2ccnc(-c3c(N)ccnc3N)c2c1. The minimum absolute atomic E-state index is 0.368. The Morgan fingerprint density at radius 1 is 1.00 bits per heavy atom. The zero-order chi connectivity index (χ0) is 14.1. The maximum absolute atomic E-state index is 6.02. The van der Waals surface area contributed by atoms with Crippen molar-refractivity contribution in [3.63, 3.8) is 0 Å². The molecule has 4 N–H and O–H groups in total. The third-order valence-electron chi connectivity index (χ3n) is 3.22. The van der Waals surface area contributed by atoms with Gasteiger partial charge in [0, 0.05) is 23.5 Å². The highest BCUT2D eigenvalue weighted by Crippen LogP contribution is 2.34. The van der Waals surface area contributed by atoms with Crippen LogP contribution >= 0.6 is 0 Å². The van der Waals surface area contributed by atoms with Crippen molar-refractivity contribution in [2.24, 2.45) is 0 Å². The van der Waals surface area contributed by atoms with E-state index in [1.807, 2.05) is 24.3 Å². The van der Waals surface area contributed by atoms with Crippen molar-refractivity contribution in [2.75, 3.05) is 18.6 Å². The summed E-state index contributed by atoms with van der Waals surface area (Å²) in [5.41, 5.74) is 13.9. The number of aromatic nitrogens is 2. The van der Waals surface area contributed by atoms with Crippen molar-refractivity contribution in [2.45, 2.75) is 0 Å². The number of nitrogens with zero attached hydrogens (tertiary/aromatic N) is 2. The molecule has 0 radical (unpaired) electrons. The van der Waals surface area contributed by atoms with Crippen LogP contribution in [-0.2, 0) is 0 Å². The monoisotopic (exact) mass is 266 g/mol. The van der Waals surface area contributed by atoms with E-state index in [1.165, 1.54) is 0 Å². The molecule has 0 spiro atoms. The lowest BCUT2D eigenvalue weighted by molar-refractivity contribution is 0.415. The second-order valence-corrected chi connectivity index (χ2v) is 4.41. The highest BCUT2D eigenvalue weighted by atomic mass is 16.5. The molecule has 2 aromatic heterocycles. The molecule has 3 aromatic rings. The van der Waals surface area contributed by atoms with E-state index in [0.717, 1.165) is 16.5 Å². The molecule has 0 saturated heterocycles. The van der Waals surface area contributed by atoms with Gasteiger partial charge >= 0.3 is 0 Å². The van der Waals surface area contributed by atoms with Crippen molar-refractivity contribution in [1.29, 1.82) is 0 Å². The molecule has 0 aliphatic rings. The Bertz CT molecular complexity index is 766. The van der Waals surface area contributed by atoms with Crippen molar-refractivity contribution in [3.8, 4) is 17.0 Å². The van der Waals surface area contributed by atoms with Gasteiger partial charge in [0.1, 0.15) is 11.6 Å². The number of ether oxygens (including phenoxy) is 1. The van der Waals surface area contributed by atoms with Crippen LogP contribution in [0.15, 0.2) is 42.7 Å². The fourth-order valence-corrected chi connectivity index (χ4v) is 2.23. The topological polar surface area (TPSA) is 87.0 Å². The number of fused-ring (bicyclic) bond motifs is 1. The quantitative estimate of drug-likeness (QED) is 0.744. The van der Waals surface area contributed by atoms with Crippen LogP contribution in [0.4, 0.5) is 11.5 Å². The van der Waals surface area contributed by atoms with Gasteiger partial charge in [-0.3, -0.25) is 4.98 Å². The number of nitrogens with two attached hydrogens (primary N) is 2. The maximum atomic E-state index is 6.02. The van der Waals surface area contributed by atoms with Crippen molar-refractivity contribution >= 4 is 22.3 Å². The summed E-state index contributed by atoms with van der Waals surface area (Å²) in [6.07, 6.45) is 3.32. The summed E-state index contributed by atoms with van der Waals surface area (Å²) in [5, 5.41) is 1.97. The third-order valence-corrected chi connectivity index (χ3v) is 3.22. The number of methoxy groups -OCH3 is 1. The Labute approximate surface area is 116 Å². The molecule has 0 unspecified atom stereocenters. The molecule has 2 heterocycles. The van der Waals surface area contributed by atoms with Crippen LogP contribution < -0.4 is 16.2 Å². The molecular weight excluding hydrogens is 252 g/mol. The normalized spacial score (nSPS) is 10.7. The molecule has 3 rings (SSSR count). The standard InChI is InChI=1S/C15H14N4O/c1-20-10-3-2-9-4-6-18-14(11(9)8-10)13-12(16)5-7-19-15(13)17/h2-8H,1H3,(H4,16,17,19). The Morgan fingerprint density at radius 3 is 2.55 bits per heavy atom. The van der Waals surface area contributed by atoms with E-state index in [0.29, 0.717) is 22.8 Å². The lowest BCUT2D eigenvalue weighted by atomic mass is 10.0. The van der Waals surface area contributed by atoms with E-state index in [2.05, 4.69) is 9.97 Å². The number of anilines is 2. The summed E-state index contributed by atoms with van der Waals surface area (Å²) >= 11 is 0. The van der Waals surface area contributed by atoms with Gasteiger partial charge in [-0.15, -0.1) is 0 Å². The summed E-state index contributed by atoms with van der Waals surface area (Å²) in [6, 6.07) is 9.45. The number of hydrogen-bond donors (Lipinski definition) is 2. The lowest BCUT2D eigenvalue weighted by Crippen LogP contribution is -2.00. The molecule has 0 saturated carbocycles. The van der Waals surface area contributed by atoms with Crippen LogP contribution in [-0.4, -0.2) is 17.1 Å². The van der Waals surface area contributed by atoms with E-state index in [9.17, 15) is 0 Å². The van der Waals surface area contributed by atoms with Gasteiger partial charge in [-0.1, -0.05) is 6.07 Å². The van der Waals surface area contributed by atoms with E-state index in [-0.39, 0.29) is 0 Å². The van der Waals surface area contributed by atoms with Crippen LogP contribution in [0.2, 0.25) is 0 Å². The summed E-state index contributed by atoms with van der Waals surface area (Å²) < 4.78 is 5.27. The largest absolute Gasteiger partial charge is 0.497 e. The van der Waals surface area contributed by atoms with E-state index >= 15 is 0 Å². The minimum Gasteiger partial charge on any atom is -0.497 e. The van der Waals surface area contributed by atoms with Crippen LogP contribution in [0.3, 0.4) is 0 Å². The molecule has 5 nitrogen and oxygen atoms in total. The van der Waals surface area contributed by atoms with Gasteiger partial charge in [0.15, 0.2) is 0 Å². The number of rotatable bonds is 2. The molecule has 0 atom stereocenters. The number of pyridine rings is 2. The average molecular weight is 266 g/mol. The molecule has 0 aliphatic heterocycles. The first-order valence-corrected chi connectivity index (χ1v) is 6.14. The molecule has 0 aliphatic carbocycles. The molecule has 100 valence electrons. The number of nitrogen functional groups attached to an aromatic ring is 2. The molecule has 5 heteroatoms. The first kappa shape index (κ1) is 12.2. The Balaban J connectivity index is 2.36. The average Bonchev–Trinajstić information content (AvgIpc) is 2.47. The summed E-state index contributed by atoms with van der Waals surface area (Å²) in [4.78, 5) is 8.51. The molecule has 1 aromatic carbocycles. The Kier molecular flexibility index (Phi) is 2.87. The Morgan fingerprint density at radius 2 is 1.80 bits per heavy atom. The molecular formula is C15H14N4O. The second kappa shape index (κ2) is 4.70.